The number of benzene rings is 1. The molecule has 1 fully saturated rings. The molecule has 3 aromatic rings. The molecule has 1 saturated carbocycles. The van der Waals surface area contributed by atoms with E-state index in [0.717, 1.165) is 36.7 Å². The van der Waals surface area contributed by atoms with Gasteiger partial charge in [-0.2, -0.15) is 4.98 Å². The maximum absolute atomic E-state index is 6.43. The van der Waals surface area contributed by atoms with Gasteiger partial charge in [0.05, 0.1) is 5.54 Å². The number of nitrogens with two attached hydrogens (primary N) is 1. The lowest BCUT2D eigenvalue weighted by Crippen LogP contribution is -2.39. The highest BCUT2D eigenvalue weighted by atomic mass is 16.5. The van der Waals surface area contributed by atoms with E-state index < -0.39 is 5.54 Å². The summed E-state index contributed by atoms with van der Waals surface area (Å²) < 4.78 is 11.1. The van der Waals surface area contributed by atoms with Gasteiger partial charge in [0.1, 0.15) is 5.58 Å². The van der Waals surface area contributed by atoms with Gasteiger partial charge in [0.15, 0.2) is 11.6 Å². The van der Waals surface area contributed by atoms with E-state index in [1.807, 2.05) is 30.3 Å². The predicted molar refractivity (Wildman–Crippen MR) is 78.5 cm³/mol. The second-order valence-corrected chi connectivity index (χ2v) is 5.79. The van der Waals surface area contributed by atoms with Gasteiger partial charge < -0.3 is 14.7 Å². The molecule has 0 unspecified atom stereocenters. The topological polar surface area (TPSA) is 78.1 Å². The summed E-state index contributed by atoms with van der Waals surface area (Å²) in [7, 11) is 0. The summed E-state index contributed by atoms with van der Waals surface area (Å²) in [6, 6.07) is 9.73. The molecule has 21 heavy (non-hydrogen) atoms. The number of hydrogen-bond acceptors (Lipinski definition) is 5. The maximum atomic E-state index is 6.43. The lowest BCUT2D eigenvalue weighted by molar-refractivity contribution is 0.275. The lowest BCUT2D eigenvalue weighted by atomic mass is 9.82. The molecule has 5 nitrogen and oxygen atoms in total. The van der Waals surface area contributed by atoms with Crippen LogP contribution in [0, 0.1) is 0 Å². The van der Waals surface area contributed by atoms with E-state index in [-0.39, 0.29) is 0 Å². The molecule has 1 aliphatic carbocycles. The molecule has 4 rings (SSSR count). The number of hydrogen-bond donors (Lipinski definition) is 1. The maximum Gasteiger partial charge on any atom is 0.293 e. The third-order valence-electron chi connectivity index (χ3n) is 4.25. The van der Waals surface area contributed by atoms with Crippen molar-refractivity contribution in [2.45, 2.75) is 37.6 Å². The summed E-state index contributed by atoms with van der Waals surface area (Å²) in [6.45, 7) is 0. The number of rotatable bonds is 2. The van der Waals surface area contributed by atoms with Crippen molar-refractivity contribution in [1.29, 1.82) is 0 Å². The van der Waals surface area contributed by atoms with Gasteiger partial charge >= 0.3 is 0 Å². The summed E-state index contributed by atoms with van der Waals surface area (Å²) in [5, 5.41) is 5.11. The highest BCUT2D eigenvalue weighted by Gasteiger charge is 2.34. The number of para-hydroxylation sites is 1. The molecular formula is C16H17N3O2. The summed E-state index contributed by atoms with van der Waals surface area (Å²) >= 11 is 0. The molecule has 0 bridgehead atoms. The average Bonchev–Trinajstić information content (AvgIpc) is 3.15. The molecule has 0 saturated heterocycles. The van der Waals surface area contributed by atoms with Gasteiger partial charge in [0, 0.05) is 5.39 Å². The van der Waals surface area contributed by atoms with E-state index >= 15 is 0 Å². The zero-order valence-electron chi connectivity index (χ0n) is 11.7. The molecule has 0 atom stereocenters. The quantitative estimate of drug-likeness (QED) is 0.777. The number of nitrogens with zero attached hydrogens (tertiary/aromatic N) is 2. The fourth-order valence-corrected chi connectivity index (χ4v) is 3.02. The first-order valence-corrected chi connectivity index (χ1v) is 7.37. The van der Waals surface area contributed by atoms with Crippen LogP contribution in [0.4, 0.5) is 0 Å². The zero-order valence-corrected chi connectivity index (χ0v) is 11.7. The molecule has 2 aromatic heterocycles. The van der Waals surface area contributed by atoms with Crippen molar-refractivity contribution in [2.24, 2.45) is 5.73 Å². The molecular weight excluding hydrogens is 266 g/mol. The molecule has 2 heterocycles. The van der Waals surface area contributed by atoms with E-state index in [0.29, 0.717) is 17.5 Å². The summed E-state index contributed by atoms with van der Waals surface area (Å²) in [6.07, 6.45) is 5.28. The van der Waals surface area contributed by atoms with Crippen molar-refractivity contribution in [3.8, 4) is 11.7 Å². The number of furan rings is 1. The Morgan fingerprint density at radius 1 is 1.10 bits per heavy atom. The van der Waals surface area contributed by atoms with Gasteiger partial charge in [0.25, 0.3) is 5.89 Å². The van der Waals surface area contributed by atoms with Crippen LogP contribution < -0.4 is 5.73 Å². The first-order valence-electron chi connectivity index (χ1n) is 7.37. The highest BCUT2D eigenvalue weighted by Crippen LogP contribution is 2.34. The van der Waals surface area contributed by atoms with Crippen LogP contribution in [0.2, 0.25) is 0 Å². The Balaban J connectivity index is 1.70. The number of aromatic nitrogens is 2. The smallest absolute Gasteiger partial charge is 0.293 e. The van der Waals surface area contributed by atoms with Crippen molar-refractivity contribution in [1.82, 2.24) is 10.1 Å². The Morgan fingerprint density at radius 2 is 1.90 bits per heavy atom. The van der Waals surface area contributed by atoms with Gasteiger partial charge in [-0.05, 0) is 25.0 Å². The third-order valence-corrected chi connectivity index (χ3v) is 4.25. The molecule has 0 radical (unpaired) electrons. The van der Waals surface area contributed by atoms with Gasteiger partial charge in [-0.3, -0.25) is 0 Å². The van der Waals surface area contributed by atoms with E-state index in [1.54, 1.807) is 0 Å². The Bertz CT molecular complexity index is 736. The Hall–Kier alpha value is -2.14. The van der Waals surface area contributed by atoms with Crippen molar-refractivity contribution < 1.29 is 8.94 Å². The van der Waals surface area contributed by atoms with Crippen LogP contribution in [0.5, 0.6) is 0 Å². The van der Waals surface area contributed by atoms with E-state index in [1.165, 1.54) is 6.42 Å². The highest BCUT2D eigenvalue weighted by molar-refractivity contribution is 5.81. The Kier molecular flexibility index (Phi) is 2.82. The second-order valence-electron chi connectivity index (χ2n) is 5.79. The minimum Gasteiger partial charge on any atom is -0.451 e. The normalized spacial score (nSPS) is 18.1. The van der Waals surface area contributed by atoms with Crippen molar-refractivity contribution in [3.05, 3.63) is 36.2 Å². The van der Waals surface area contributed by atoms with Gasteiger partial charge in [-0.15, -0.1) is 0 Å². The van der Waals surface area contributed by atoms with Crippen LogP contribution in [0.25, 0.3) is 22.6 Å². The lowest BCUT2D eigenvalue weighted by Gasteiger charge is -2.29. The molecule has 1 aromatic carbocycles. The van der Waals surface area contributed by atoms with Gasteiger partial charge in [0.2, 0.25) is 0 Å². The number of fused-ring (bicyclic) bond motifs is 1. The molecule has 1 aliphatic rings. The first-order chi connectivity index (χ1) is 10.2. The summed E-state index contributed by atoms with van der Waals surface area (Å²) in [5.41, 5.74) is 6.79. The largest absolute Gasteiger partial charge is 0.451 e. The van der Waals surface area contributed by atoms with Crippen molar-refractivity contribution >= 4 is 11.0 Å². The minimum atomic E-state index is -0.452. The fraction of sp³-hybridized carbons (Fsp3) is 0.375. The van der Waals surface area contributed by atoms with Gasteiger partial charge in [-0.1, -0.05) is 42.6 Å². The Labute approximate surface area is 122 Å². The predicted octanol–water partition coefficient (Wildman–Crippen LogP) is 3.60. The molecule has 0 spiro atoms. The summed E-state index contributed by atoms with van der Waals surface area (Å²) in [4.78, 5) is 4.47. The molecule has 0 aliphatic heterocycles. The molecule has 108 valence electrons. The van der Waals surface area contributed by atoms with Crippen LogP contribution in [0.1, 0.15) is 37.9 Å². The second kappa shape index (κ2) is 4.70. The summed E-state index contributed by atoms with van der Waals surface area (Å²) in [5.74, 6) is 1.59. The third kappa shape index (κ3) is 2.14. The van der Waals surface area contributed by atoms with Crippen molar-refractivity contribution in [3.63, 3.8) is 0 Å². The van der Waals surface area contributed by atoms with E-state index in [9.17, 15) is 0 Å². The van der Waals surface area contributed by atoms with Crippen LogP contribution in [0.15, 0.2) is 39.3 Å². The van der Waals surface area contributed by atoms with Crippen LogP contribution in [-0.4, -0.2) is 10.1 Å². The van der Waals surface area contributed by atoms with Crippen LogP contribution in [-0.2, 0) is 5.54 Å². The molecule has 0 amide bonds. The van der Waals surface area contributed by atoms with Gasteiger partial charge in [-0.25, -0.2) is 0 Å². The minimum absolute atomic E-state index is 0.400. The average molecular weight is 283 g/mol. The SMILES string of the molecule is NC1(c2noc(-c3cc4ccccc4o3)n2)CCCCC1. The Morgan fingerprint density at radius 3 is 2.71 bits per heavy atom. The van der Waals surface area contributed by atoms with E-state index in [2.05, 4.69) is 10.1 Å². The van der Waals surface area contributed by atoms with E-state index in [4.69, 9.17) is 14.7 Å². The van der Waals surface area contributed by atoms with Crippen LogP contribution >= 0.6 is 0 Å². The van der Waals surface area contributed by atoms with Crippen LogP contribution in [0.3, 0.4) is 0 Å². The van der Waals surface area contributed by atoms with Crippen molar-refractivity contribution in [2.75, 3.05) is 0 Å². The standard InChI is InChI=1S/C16H17N3O2/c17-16(8-4-1-5-9-16)15-18-14(21-19-15)13-10-11-6-2-3-7-12(11)20-13/h2-3,6-7,10H,1,4-5,8-9,17H2. The first kappa shape index (κ1) is 12.6. The molecule has 2 N–H and O–H groups in total. The monoisotopic (exact) mass is 283 g/mol. The fourth-order valence-electron chi connectivity index (χ4n) is 3.02. The molecule has 5 heteroatoms. The zero-order chi connectivity index (χ0) is 14.3.